The lowest BCUT2D eigenvalue weighted by atomic mass is 9.98. The van der Waals surface area contributed by atoms with Gasteiger partial charge in [0.2, 0.25) is 0 Å². The first kappa shape index (κ1) is 19.5. The molecule has 2 unspecified atom stereocenters. The highest BCUT2D eigenvalue weighted by Crippen LogP contribution is 2.40. The van der Waals surface area contributed by atoms with E-state index in [9.17, 15) is 14.7 Å². The van der Waals surface area contributed by atoms with Gasteiger partial charge < -0.3 is 19.2 Å². The minimum Gasteiger partial charge on any atom is -0.507 e. The first-order valence-electron chi connectivity index (χ1n) is 10.0. The van der Waals surface area contributed by atoms with Crippen LogP contribution in [0.5, 0.6) is 0 Å². The van der Waals surface area contributed by atoms with E-state index in [-0.39, 0.29) is 17.4 Å². The molecular weight excluding hydrogens is 370 g/mol. The van der Waals surface area contributed by atoms with E-state index in [2.05, 4.69) is 0 Å². The normalized spacial score (nSPS) is 23.9. The van der Waals surface area contributed by atoms with Crippen LogP contribution in [0.2, 0.25) is 0 Å². The van der Waals surface area contributed by atoms with Gasteiger partial charge in [-0.05, 0) is 43.9 Å². The number of benzene rings is 1. The number of likely N-dealkylation sites (tertiary alicyclic amines) is 1. The van der Waals surface area contributed by atoms with E-state index in [0.29, 0.717) is 30.2 Å². The van der Waals surface area contributed by atoms with Crippen molar-refractivity contribution in [1.29, 1.82) is 0 Å². The smallest absolute Gasteiger partial charge is 0.295 e. The second-order valence-electron chi connectivity index (χ2n) is 7.59. The predicted molar refractivity (Wildman–Crippen MR) is 107 cm³/mol. The maximum atomic E-state index is 12.9. The Bertz CT molecular complexity index is 950. The van der Waals surface area contributed by atoms with Crippen molar-refractivity contribution in [2.24, 2.45) is 0 Å². The van der Waals surface area contributed by atoms with Gasteiger partial charge in [-0.15, -0.1) is 0 Å². The SMILES string of the molecule is CCc1ccc(/C(O)=C2/C(=O)C(=O)N(CC3CCCO3)C2c2ccc(C)o2)cc1. The van der Waals surface area contributed by atoms with Gasteiger partial charge in [-0.2, -0.15) is 0 Å². The first-order chi connectivity index (χ1) is 14.0. The number of nitrogens with zero attached hydrogens (tertiary/aromatic N) is 1. The van der Waals surface area contributed by atoms with Crippen LogP contribution < -0.4 is 0 Å². The summed E-state index contributed by atoms with van der Waals surface area (Å²) in [4.78, 5) is 27.3. The van der Waals surface area contributed by atoms with Gasteiger partial charge in [0.05, 0.1) is 11.7 Å². The molecule has 0 aliphatic carbocycles. The van der Waals surface area contributed by atoms with Crippen molar-refractivity contribution in [3.8, 4) is 0 Å². The lowest BCUT2D eigenvalue weighted by Gasteiger charge is -2.25. The quantitative estimate of drug-likeness (QED) is 0.474. The molecule has 2 fully saturated rings. The van der Waals surface area contributed by atoms with E-state index in [1.807, 2.05) is 19.1 Å². The summed E-state index contributed by atoms with van der Waals surface area (Å²) in [6, 6.07) is 10.1. The van der Waals surface area contributed by atoms with Crippen LogP contribution in [0.15, 0.2) is 46.4 Å². The fourth-order valence-corrected chi connectivity index (χ4v) is 4.03. The van der Waals surface area contributed by atoms with Crippen LogP contribution in [0, 0.1) is 6.92 Å². The highest BCUT2D eigenvalue weighted by atomic mass is 16.5. The zero-order valence-corrected chi connectivity index (χ0v) is 16.7. The summed E-state index contributed by atoms with van der Waals surface area (Å²) in [6.07, 6.45) is 2.53. The number of amides is 1. The molecule has 1 aromatic heterocycles. The minimum atomic E-state index is -0.765. The van der Waals surface area contributed by atoms with Gasteiger partial charge in [0, 0.05) is 18.7 Å². The number of aliphatic hydroxyl groups is 1. The van der Waals surface area contributed by atoms with Crippen LogP contribution in [0.4, 0.5) is 0 Å². The molecule has 2 aliphatic heterocycles. The molecule has 1 N–H and O–H groups in total. The Morgan fingerprint density at radius 2 is 1.93 bits per heavy atom. The zero-order chi connectivity index (χ0) is 20.5. The Kier molecular flexibility index (Phi) is 5.28. The number of carbonyl (C=O) groups excluding carboxylic acids is 2. The molecule has 4 rings (SSSR count). The second-order valence-corrected chi connectivity index (χ2v) is 7.59. The Hall–Kier alpha value is -2.86. The molecule has 3 heterocycles. The summed E-state index contributed by atoms with van der Waals surface area (Å²) in [5.74, 6) is -0.369. The highest BCUT2D eigenvalue weighted by molar-refractivity contribution is 6.46. The van der Waals surface area contributed by atoms with E-state index in [1.54, 1.807) is 31.2 Å². The summed E-state index contributed by atoms with van der Waals surface area (Å²) in [5.41, 5.74) is 1.69. The topological polar surface area (TPSA) is 80.0 Å². The molecule has 6 heteroatoms. The molecule has 0 spiro atoms. The van der Waals surface area contributed by atoms with Crippen LogP contribution >= 0.6 is 0 Å². The van der Waals surface area contributed by atoms with Crippen molar-refractivity contribution in [3.05, 3.63) is 64.6 Å². The molecule has 29 heavy (non-hydrogen) atoms. The lowest BCUT2D eigenvalue weighted by molar-refractivity contribution is -0.141. The van der Waals surface area contributed by atoms with Crippen molar-refractivity contribution in [3.63, 3.8) is 0 Å². The van der Waals surface area contributed by atoms with Gasteiger partial charge in [-0.25, -0.2) is 0 Å². The fraction of sp³-hybridized carbons (Fsp3) is 0.391. The Morgan fingerprint density at radius 3 is 2.52 bits per heavy atom. The number of ketones is 1. The van der Waals surface area contributed by atoms with Crippen molar-refractivity contribution >= 4 is 17.4 Å². The summed E-state index contributed by atoms with van der Waals surface area (Å²) in [5, 5.41) is 11.0. The highest BCUT2D eigenvalue weighted by Gasteiger charge is 2.48. The Labute approximate surface area is 169 Å². The van der Waals surface area contributed by atoms with Gasteiger partial charge in [0.1, 0.15) is 23.3 Å². The monoisotopic (exact) mass is 395 g/mol. The molecule has 152 valence electrons. The van der Waals surface area contributed by atoms with E-state index in [1.165, 1.54) is 4.90 Å². The van der Waals surface area contributed by atoms with E-state index in [4.69, 9.17) is 9.15 Å². The van der Waals surface area contributed by atoms with Gasteiger partial charge in [0.25, 0.3) is 11.7 Å². The molecular formula is C23H25NO5. The number of rotatable bonds is 5. The molecule has 1 aromatic carbocycles. The van der Waals surface area contributed by atoms with Gasteiger partial charge >= 0.3 is 0 Å². The number of furan rings is 1. The third kappa shape index (κ3) is 3.60. The summed E-state index contributed by atoms with van der Waals surface area (Å²) in [6.45, 7) is 4.80. The van der Waals surface area contributed by atoms with Crippen LogP contribution in [-0.2, 0) is 20.7 Å². The van der Waals surface area contributed by atoms with Crippen molar-refractivity contribution in [1.82, 2.24) is 4.90 Å². The number of hydrogen-bond acceptors (Lipinski definition) is 5. The molecule has 1 amide bonds. The molecule has 0 radical (unpaired) electrons. The summed E-state index contributed by atoms with van der Waals surface area (Å²) >= 11 is 0. The number of ether oxygens (including phenoxy) is 1. The largest absolute Gasteiger partial charge is 0.507 e. The molecule has 0 bridgehead atoms. The van der Waals surface area contributed by atoms with Crippen molar-refractivity contribution in [2.75, 3.05) is 13.2 Å². The maximum Gasteiger partial charge on any atom is 0.295 e. The molecule has 2 atom stereocenters. The lowest BCUT2D eigenvalue weighted by Crippen LogP contribution is -2.36. The van der Waals surface area contributed by atoms with E-state index < -0.39 is 17.7 Å². The molecule has 6 nitrogen and oxygen atoms in total. The van der Waals surface area contributed by atoms with Crippen molar-refractivity contribution in [2.45, 2.75) is 45.3 Å². The molecule has 0 saturated carbocycles. The number of aliphatic hydroxyl groups excluding tert-OH is 1. The summed E-state index contributed by atoms with van der Waals surface area (Å²) < 4.78 is 11.5. The van der Waals surface area contributed by atoms with Gasteiger partial charge in [0.15, 0.2) is 0 Å². The summed E-state index contributed by atoms with van der Waals surface area (Å²) in [7, 11) is 0. The van der Waals surface area contributed by atoms with Gasteiger partial charge in [-0.1, -0.05) is 31.2 Å². The number of aryl methyl sites for hydroxylation is 2. The average Bonchev–Trinajstić information content (AvgIpc) is 3.45. The zero-order valence-electron chi connectivity index (χ0n) is 16.7. The van der Waals surface area contributed by atoms with Crippen LogP contribution in [0.3, 0.4) is 0 Å². The number of Topliss-reactive ketones (excluding diaryl/α,β-unsaturated/α-hetero) is 1. The number of carbonyl (C=O) groups is 2. The predicted octanol–water partition coefficient (Wildman–Crippen LogP) is 3.75. The Morgan fingerprint density at radius 1 is 1.17 bits per heavy atom. The Balaban J connectivity index is 1.78. The van der Waals surface area contributed by atoms with Gasteiger partial charge in [-0.3, -0.25) is 9.59 Å². The minimum absolute atomic E-state index is 0.0617. The third-order valence-corrected chi connectivity index (χ3v) is 5.63. The second kappa shape index (κ2) is 7.87. The third-order valence-electron chi connectivity index (χ3n) is 5.63. The van der Waals surface area contributed by atoms with Crippen molar-refractivity contribution < 1.29 is 23.8 Å². The molecule has 2 saturated heterocycles. The van der Waals surface area contributed by atoms with E-state index >= 15 is 0 Å². The molecule has 2 aliphatic rings. The average molecular weight is 395 g/mol. The fourth-order valence-electron chi connectivity index (χ4n) is 4.03. The van der Waals surface area contributed by atoms with E-state index in [0.717, 1.165) is 24.8 Å². The number of hydrogen-bond donors (Lipinski definition) is 1. The maximum absolute atomic E-state index is 12.9. The van der Waals surface area contributed by atoms with Crippen LogP contribution in [-0.4, -0.2) is 41.0 Å². The first-order valence-corrected chi connectivity index (χ1v) is 10.0. The van der Waals surface area contributed by atoms with Crippen LogP contribution in [0.25, 0.3) is 5.76 Å². The standard InChI is InChI=1S/C23H25NO5/c1-3-15-7-9-16(10-8-15)21(25)19-20(18-11-6-14(2)29-18)24(23(27)22(19)26)13-17-5-4-12-28-17/h6-11,17,20,25H,3-5,12-13H2,1-2H3/b21-19-. The molecule has 2 aromatic rings. The van der Waals surface area contributed by atoms with Crippen LogP contribution in [0.1, 0.15) is 48.5 Å².